The van der Waals surface area contributed by atoms with E-state index in [2.05, 4.69) is 85.5 Å². The van der Waals surface area contributed by atoms with E-state index in [0.29, 0.717) is 12.5 Å². The van der Waals surface area contributed by atoms with E-state index in [1.807, 2.05) is 49.1 Å². The van der Waals surface area contributed by atoms with Gasteiger partial charge < -0.3 is 24.8 Å². The number of hydrogen-bond donors (Lipinski definition) is 1. The lowest BCUT2D eigenvalue weighted by atomic mass is 10.0. The lowest BCUT2D eigenvalue weighted by Gasteiger charge is -2.24. The highest BCUT2D eigenvalue weighted by Crippen LogP contribution is 2.21. The van der Waals surface area contributed by atoms with Crippen molar-refractivity contribution in [1.82, 2.24) is 15.1 Å². The largest absolute Gasteiger partial charge is 0.355 e. The topological polar surface area (TPSA) is 55.9 Å². The summed E-state index contributed by atoms with van der Waals surface area (Å²) in [4.78, 5) is 29.6. The molecule has 3 aromatic carbocycles. The van der Waals surface area contributed by atoms with Crippen LogP contribution in [0.15, 0.2) is 72.8 Å². The van der Waals surface area contributed by atoms with E-state index < -0.39 is 0 Å². The molecule has 4 rings (SSSR count). The molecule has 1 N–H and O–H groups in total. The summed E-state index contributed by atoms with van der Waals surface area (Å²) in [6.45, 7) is 13.8. The minimum Gasteiger partial charge on any atom is -0.355 e. The van der Waals surface area contributed by atoms with Crippen LogP contribution in [-0.2, 0) is 16.0 Å². The van der Waals surface area contributed by atoms with E-state index in [-0.39, 0.29) is 19.0 Å². The van der Waals surface area contributed by atoms with Gasteiger partial charge in [-0.1, -0.05) is 80.0 Å². The maximum Gasteiger partial charge on any atom is 0.239 e. The van der Waals surface area contributed by atoms with Crippen molar-refractivity contribution in [2.75, 3.05) is 64.8 Å². The van der Waals surface area contributed by atoms with Gasteiger partial charge in [0.25, 0.3) is 0 Å². The number of likely N-dealkylation sites (tertiary alicyclic amines) is 1. The third-order valence-corrected chi connectivity index (χ3v) is 7.76. The predicted molar refractivity (Wildman–Crippen MR) is 187 cm³/mol. The SMILES string of the molecule is CC(C)c1ccc(Cl)cc1.CN(C)CCc1ccccc1.Cc1ccc(C)c(N(CC=O)CC(=O)NCCN2CCCC2)c1. The van der Waals surface area contributed by atoms with Crippen LogP contribution in [0.25, 0.3) is 0 Å². The van der Waals surface area contributed by atoms with Crippen molar-refractivity contribution >= 4 is 29.5 Å². The third-order valence-electron chi connectivity index (χ3n) is 7.51. The number of carbonyl (C=O) groups is 2. The Kier molecular flexibility index (Phi) is 17.4. The Morgan fingerprint density at radius 2 is 1.64 bits per heavy atom. The molecule has 0 unspecified atom stereocenters. The number of anilines is 1. The van der Waals surface area contributed by atoms with Crippen LogP contribution in [0.5, 0.6) is 0 Å². The van der Waals surface area contributed by atoms with Crippen LogP contribution in [0, 0.1) is 13.8 Å². The van der Waals surface area contributed by atoms with Gasteiger partial charge in [0.05, 0.1) is 13.1 Å². The monoisotopic (exact) mass is 620 g/mol. The Bertz CT molecular complexity index is 1230. The fourth-order valence-electron chi connectivity index (χ4n) is 4.83. The molecule has 0 radical (unpaired) electrons. The van der Waals surface area contributed by atoms with Crippen molar-refractivity contribution in [3.05, 3.63) is 100 Å². The predicted octanol–water partition coefficient (Wildman–Crippen LogP) is 6.77. The molecule has 0 bridgehead atoms. The van der Waals surface area contributed by atoms with Crippen molar-refractivity contribution in [3.63, 3.8) is 0 Å². The number of halogens is 1. The number of likely N-dealkylation sites (N-methyl/N-ethyl adjacent to an activating group) is 1. The molecule has 7 heteroatoms. The first-order chi connectivity index (χ1) is 21.1. The smallest absolute Gasteiger partial charge is 0.239 e. The zero-order valence-electron chi connectivity index (χ0n) is 27.7. The zero-order valence-corrected chi connectivity index (χ0v) is 28.4. The lowest BCUT2D eigenvalue weighted by Crippen LogP contribution is -2.41. The number of amides is 1. The van der Waals surface area contributed by atoms with Gasteiger partial charge in [-0.3, -0.25) is 4.79 Å². The van der Waals surface area contributed by atoms with E-state index in [4.69, 9.17) is 11.6 Å². The summed E-state index contributed by atoms with van der Waals surface area (Å²) in [6.07, 6.45) is 4.51. The normalized spacial score (nSPS) is 12.7. The molecule has 0 aliphatic carbocycles. The Labute approximate surface area is 271 Å². The summed E-state index contributed by atoms with van der Waals surface area (Å²) >= 11 is 5.72. The summed E-state index contributed by atoms with van der Waals surface area (Å²) in [7, 11) is 4.20. The summed E-state index contributed by atoms with van der Waals surface area (Å²) in [5, 5.41) is 3.77. The molecule has 6 nitrogen and oxygen atoms in total. The maximum absolute atomic E-state index is 12.2. The molecule has 1 heterocycles. The Hall–Kier alpha value is -3.19. The molecule has 0 aromatic heterocycles. The number of nitrogens with zero attached hydrogens (tertiary/aromatic N) is 3. The molecule has 240 valence electrons. The van der Waals surface area contributed by atoms with Crippen molar-refractivity contribution in [2.45, 2.75) is 52.9 Å². The molecule has 1 saturated heterocycles. The molecule has 0 saturated carbocycles. The average Bonchev–Trinajstić information content (AvgIpc) is 3.52. The third kappa shape index (κ3) is 15.0. The summed E-state index contributed by atoms with van der Waals surface area (Å²) in [6, 6.07) is 24.6. The van der Waals surface area contributed by atoms with Gasteiger partial charge in [0.1, 0.15) is 6.29 Å². The first-order valence-electron chi connectivity index (χ1n) is 15.8. The average molecular weight is 621 g/mol. The molecule has 44 heavy (non-hydrogen) atoms. The molecule has 0 spiro atoms. The second-order valence-corrected chi connectivity index (χ2v) is 12.4. The summed E-state index contributed by atoms with van der Waals surface area (Å²) in [5.41, 5.74) is 5.90. The van der Waals surface area contributed by atoms with E-state index in [0.717, 1.165) is 60.7 Å². The molecule has 3 aromatic rings. The molecular weight excluding hydrogens is 568 g/mol. The van der Waals surface area contributed by atoms with Gasteiger partial charge in [-0.05, 0) is 107 Å². The number of nitrogens with one attached hydrogen (secondary N) is 1. The molecule has 1 aliphatic rings. The Balaban J connectivity index is 0.000000266. The van der Waals surface area contributed by atoms with Crippen molar-refractivity contribution < 1.29 is 9.59 Å². The Morgan fingerprint density at radius 1 is 0.977 bits per heavy atom. The van der Waals surface area contributed by atoms with Crippen molar-refractivity contribution in [3.8, 4) is 0 Å². The van der Waals surface area contributed by atoms with Crippen LogP contribution in [0.1, 0.15) is 54.9 Å². The number of hydrogen-bond acceptors (Lipinski definition) is 5. The number of rotatable bonds is 12. The second-order valence-electron chi connectivity index (χ2n) is 12.0. The summed E-state index contributed by atoms with van der Waals surface area (Å²) in [5.74, 6) is 0.559. The molecular formula is C37H53ClN4O2. The fourth-order valence-corrected chi connectivity index (χ4v) is 4.96. The van der Waals surface area contributed by atoms with Crippen molar-refractivity contribution in [2.24, 2.45) is 0 Å². The molecule has 1 amide bonds. The van der Waals surface area contributed by atoms with Gasteiger partial charge in [0, 0.05) is 30.3 Å². The van der Waals surface area contributed by atoms with E-state index in [9.17, 15) is 9.59 Å². The molecule has 1 aliphatic heterocycles. The quantitative estimate of drug-likeness (QED) is 0.226. The minimum absolute atomic E-state index is 0.0352. The Morgan fingerprint density at radius 3 is 2.23 bits per heavy atom. The highest BCUT2D eigenvalue weighted by molar-refractivity contribution is 6.30. The van der Waals surface area contributed by atoms with E-state index in [1.165, 1.54) is 24.0 Å². The number of aldehydes is 1. The van der Waals surface area contributed by atoms with Gasteiger partial charge in [0.2, 0.25) is 5.91 Å². The molecule has 0 atom stereocenters. The van der Waals surface area contributed by atoms with Crippen LogP contribution in [0.4, 0.5) is 5.69 Å². The number of carbonyl (C=O) groups excluding carboxylic acids is 2. The summed E-state index contributed by atoms with van der Waals surface area (Å²) < 4.78 is 0. The fraction of sp³-hybridized carbons (Fsp3) is 0.459. The minimum atomic E-state index is -0.0352. The lowest BCUT2D eigenvalue weighted by molar-refractivity contribution is -0.119. The van der Waals surface area contributed by atoms with Crippen LogP contribution in [0.3, 0.4) is 0 Å². The first-order valence-corrected chi connectivity index (χ1v) is 16.2. The first kappa shape index (κ1) is 37.0. The zero-order chi connectivity index (χ0) is 32.3. The van der Waals surface area contributed by atoms with E-state index >= 15 is 0 Å². The molecule has 1 fully saturated rings. The van der Waals surface area contributed by atoms with Crippen LogP contribution >= 0.6 is 11.6 Å². The highest BCUT2D eigenvalue weighted by atomic mass is 35.5. The second kappa shape index (κ2) is 20.7. The van der Waals surface area contributed by atoms with Gasteiger partial charge in [0.15, 0.2) is 0 Å². The van der Waals surface area contributed by atoms with Gasteiger partial charge in [-0.2, -0.15) is 0 Å². The van der Waals surface area contributed by atoms with Crippen LogP contribution < -0.4 is 10.2 Å². The van der Waals surface area contributed by atoms with Gasteiger partial charge >= 0.3 is 0 Å². The van der Waals surface area contributed by atoms with Crippen molar-refractivity contribution in [1.29, 1.82) is 0 Å². The number of benzene rings is 3. The van der Waals surface area contributed by atoms with Gasteiger partial charge in [-0.15, -0.1) is 0 Å². The van der Waals surface area contributed by atoms with Crippen LogP contribution in [-0.4, -0.2) is 81.9 Å². The highest BCUT2D eigenvalue weighted by Gasteiger charge is 2.15. The number of aryl methyl sites for hydroxylation is 2. The van der Waals surface area contributed by atoms with E-state index in [1.54, 1.807) is 0 Å². The van der Waals surface area contributed by atoms with Crippen LogP contribution in [0.2, 0.25) is 5.02 Å². The van der Waals surface area contributed by atoms with Gasteiger partial charge in [-0.25, -0.2) is 0 Å². The standard InChI is InChI=1S/C18H27N3O2.C10H15N.C9H11Cl/c1-15-5-6-16(2)17(13-15)21(11-12-22)14-18(23)19-7-10-20-8-3-4-9-20;1-11(2)9-8-10-6-4-3-5-7-10;1-7(2)8-3-5-9(10)6-4-8/h5-6,12-13H,3-4,7-11,14H2,1-2H3,(H,19,23);3-7H,8-9H2,1-2H3;3-7H,1-2H3. The maximum atomic E-state index is 12.2.